The standard InChI is InChI=1S/C13H9N3O3/c1-19-12-2-3-15-7-10(12)11-5-8(13(17)18)4-9(6-14)16-11/h2-5,7H,1H3,(H,17,18). The second kappa shape index (κ2) is 5.14. The summed E-state index contributed by atoms with van der Waals surface area (Å²) < 4.78 is 5.16. The van der Waals surface area contributed by atoms with Crippen molar-refractivity contribution in [3.05, 3.63) is 41.9 Å². The van der Waals surface area contributed by atoms with Crippen LogP contribution in [0.15, 0.2) is 30.6 Å². The summed E-state index contributed by atoms with van der Waals surface area (Å²) in [6.07, 6.45) is 3.06. The number of hydrogen-bond acceptors (Lipinski definition) is 5. The van der Waals surface area contributed by atoms with Crippen molar-refractivity contribution in [3.8, 4) is 23.1 Å². The van der Waals surface area contributed by atoms with E-state index in [4.69, 9.17) is 15.1 Å². The summed E-state index contributed by atoms with van der Waals surface area (Å²) in [5.41, 5.74) is 0.888. The Morgan fingerprint density at radius 1 is 1.47 bits per heavy atom. The van der Waals surface area contributed by atoms with Gasteiger partial charge in [0.15, 0.2) is 0 Å². The molecule has 0 saturated heterocycles. The lowest BCUT2D eigenvalue weighted by Crippen LogP contribution is -2.01. The molecular formula is C13H9N3O3. The summed E-state index contributed by atoms with van der Waals surface area (Å²) in [4.78, 5) is 19.0. The molecule has 2 aromatic heterocycles. The SMILES string of the molecule is COc1ccncc1-c1cc(C(=O)O)cc(C#N)n1. The Hall–Kier alpha value is -2.94. The first-order chi connectivity index (χ1) is 9.15. The van der Waals surface area contributed by atoms with Crippen LogP contribution in [0.25, 0.3) is 11.3 Å². The largest absolute Gasteiger partial charge is 0.496 e. The monoisotopic (exact) mass is 255 g/mol. The molecule has 0 aliphatic carbocycles. The highest BCUT2D eigenvalue weighted by atomic mass is 16.5. The Balaban J connectivity index is 2.65. The van der Waals surface area contributed by atoms with Gasteiger partial charge in [0.05, 0.1) is 23.9 Å². The molecule has 0 saturated carbocycles. The number of rotatable bonds is 3. The van der Waals surface area contributed by atoms with Crippen LogP contribution in [0.2, 0.25) is 0 Å². The maximum absolute atomic E-state index is 11.0. The minimum atomic E-state index is -1.12. The summed E-state index contributed by atoms with van der Waals surface area (Å²) in [6, 6.07) is 6.06. The molecule has 6 heteroatoms. The van der Waals surface area contributed by atoms with E-state index in [1.54, 1.807) is 12.3 Å². The van der Waals surface area contributed by atoms with E-state index in [0.29, 0.717) is 17.0 Å². The first-order valence-corrected chi connectivity index (χ1v) is 5.29. The van der Waals surface area contributed by atoms with Crippen LogP contribution < -0.4 is 4.74 Å². The number of hydrogen-bond donors (Lipinski definition) is 1. The summed E-state index contributed by atoms with van der Waals surface area (Å²) in [6.45, 7) is 0. The first-order valence-electron chi connectivity index (χ1n) is 5.29. The Kier molecular flexibility index (Phi) is 3.39. The topological polar surface area (TPSA) is 96.1 Å². The number of methoxy groups -OCH3 is 1. The van der Waals surface area contributed by atoms with E-state index in [0.717, 1.165) is 0 Å². The van der Waals surface area contributed by atoms with Gasteiger partial charge in [-0.1, -0.05) is 0 Å². The molecule has 2 aromatic rings. The Bertz CT molecular complexity index is 677. The quantitative estimate of drug-likeness (QED) is 0.897. The molecule has 0 unspecified atom stereocenters. The molecule has 0 aliphatic rings. The van der Waals surface area contributed by atoms with Crippen molar-refractivity contribution < 1.29 is 14.6 Å². The number of nitriles is 1. The number of carboxylic acids is 1. The second-order valence-electron chi connectivity index (χ2n) is 3.62. The first kappa shape index (κ1) is 12.5. The van der Waals surface area contributed by atoms with E-state index >= 15 is 0 Å². The lowest BCUT2D eigenvalue weighted by Gasteiger charge is -2.07. The number of aromatic nitrogens is 2. The summed E-state index contributed by atoms with van der Waals surface area (Å²) in [5, 5.41) is 17.9. The van der Waals surface area contributed by atoms with Gasteiger partial charge < -0.3 is 9.84 Å². The molecule has 0 atom stereocenters. The normalized spacial score (nSPS) is 9.68. The molecule has 0 amide bonds. The van der Waals surface area contributed by atoms with E-state index in [1.165, 1.54) is 25.4 Å². The Morgan fingerprint density at radius 3 is 2.89 bits per heavy atom. The number of ether oxygens (including phenoxy) is 1. The highest BCUT2D eigenvalue weighted by Crippen LogP contribution is 2.28. The van der Waals surface area contributed by atoms with Gasteiger partial charge in [-0.05, 0) is 18.2 Å². The number of carboxylic acid groups (broad SMARTS) is 1. The summed E-state index contributed by atoms with van der Waals surface area (Å²) >= 11 is 0. The zero-order valence-electron chi connectivity index (χ0n) is 9.99. The van der Waals surface area contributed by atoms with E-state index in [2.05, 4.69) is 9.97 Å². The van der Waals surface area contributed by atoms with Crippen LogP contribution in [0.5, 0.6) is 5.75 Å². The number of aromatic carboxylic acids is 1. The zero-order valence-corrected chi connectivity index (χ0v) is 9.99. The molecule has 94 valence electrons. The van der Waals surface area contributed by atoms with Crippen LogP contribution in [-0.2, 0) is 0 Å². The Labute approximate surface area is 108 Å². The van der Waals surface area contributed by atoms with Crippen LogP contribution >= 0.6 is 0 Å². The van der Waals surface area contributed by atoms with Gasteiger partial charge in [-0.2, -0.15) is 5.26 Å². The molecule has 0 spiro atoms. The molecule has 0 aliphatic heterocycles. The third-order valence-corrected chi connectivity index (χ3v) is 2.46. The highest BCUT2D eigenvalue weighted by molar-refractivity contribution is 5.89. The molecule has 2 rings (SSSR count). The van der Waals surface area contributed by atoms with E-state index in [9.17, 15) is 4.79 Å². The minimum Gasteiger partial charge on any atom is -0.496 e. The minimum absolute atomic E-state index is 0.00699. The average molecular weight is 255 g/mol. The average Bonchev–Trinajstić information content (AvgIpc) is 2.46. The molecule has 0 aromatic carbocycles. The number of carbonyl (C=O) groups is 1. The highest BCUT2D eigenvalue weighted by Gasteiger charge is 2.13. The summed E-state index contributed by atoms with van der Waals surface area (Å²) in [5.74, 6) is -0.614. The van der Waals surface area contributed by atoms with Crippen LogP contribution in [0.4, 0.5) is 0 Å². The fraction of sp³-hybridized carbons (Fsp3) is 0.0769. The van der Waals surface area contributed by atoms with Crippen molar-refractivity contribution in [1.82, 2.24) is 9.97 Å². The van der Waals surface area contributed by atoms with Gasteiger partial charge in [0.2, 0.25) is 0 Å². The van der Waals surface area contributed by atoms with Gasteiger partial charge in [0, 0.05) is 12.4 Å². The maximum atomic E-state index is 11.0. The molecule has 0 bridgehead atoms. The van der Waals surface area contributed by atoms with Crippen LogP contribution in [0.1, 0.15) is 16.1 Å². The van der Waals surface area contributed by atoms with Gasteiger partial charge in [-0.3, -0.25) is 4.98 Å². The predicted molar refractivity (Wildman–Crippen MR) is 65.7 cm³/mol. The van der Waals surface area contributed by atoms with Crippen molar-refractivity contribution in [2.75, 3.05) is 7.11 Å². The van der Waals surface area contributed by atoms with Gasteiger partial charge in [0.1, 0.15) is 17.5 Å². The predicted octanol–water partition coefficient (Wildman–Crippen LogP) is 1.72. The third-order valence-electron chi connectivity index (χ3n) is 2.46. The smallest absolute Gasteiger partial charge is 0.335 e. The fourth-order valence-electron chi connectivity index (χ4n) is 1.60. The lowest BCUT2D eigenvalue weighted by molar-refractivity contribution is 0.0696. The van der Waals surface area contributed by atoms with E-state index < -0.39 is 5.97 Å². The number of nitrogens with zero attached hydrogens (tertiary/aromatic N) is 3. The molecule has 6 nitrogen and oxygen atoms in total. The molecular weight excluding hydrogens is 246 g/mol. The molecule has 2 heterocycles. The van der Waals surface area contributed by atoms with Crippen LogP contribution in [-0.4, -0.2) is 28.2 Å². The summed E-state index contributed by atoms with van der Waals surface area (Å²) in [7, 11) is 1.49. The zero-order chi connectivity index (χ0) is 13.8. The van der Waals surface area contributed by atoms with Gasteiger partial charge in [0.25, 0.3) is 0 Å². The maximum Gasteiger partial charge on any atom is 0.335 e. The molecule has 19 heavy (non-hydrogen) atoms. The Morgan fingerprint density at radius 2 is 2.26 bits per heavy atom. The van der Waals surface area contributed by atoms with Crippen LogP contribution in [0, 0.1) is 11.3 Å². The molecule has 0 fully saturated rings. The second-order valence-corrected chi connectivity index (χ2v) is 3.62. The van der Waals surface area contributed by atoms with Gasteiger partial charge in [-0.25, -0.2) is 9.78 Å². The van der Waals surface area contributed by atoms with Crippen molar-refractivity contribution in [1.29, 1.82) is 5.26 Å². The van der Waals surface area contributed by atoms with Crippen molar-refractivity contribution >= 4 is 5.97 Å². The van der Waals surface area contributed by atoms with E-state index in [-0.39, 0.29) is 11.3 Å². The molecule has 0 radical (unpaired) electrons. The van der Waals surface area contributed by atoms with Crippen molar-refractivity contribution in [2.45, 2.75) is 0 Å². The van der Waals surface area contributed by atoms with Gasteiger partial charge in [-0.15, -0.1) is 0 Å². The van der Waals surface area contributed by atoms with Crippen molar-refractivity contribution in [3.63, 3.8) is 0 Å². The van der Waals surface area contributed by atoms with E-state index in [1.807, 2.05) is 6.07 Å². The van der Waals surface area contributed by atoms with Crippen molar-refractivity contribution in [2.24, 2.45) is 0 Å². The third kappa shape index (κ3) is 2.50. The molecule has 1 N–H and O–H groups in total. The lowest BCUT2D eigenvalue weighted by atomic mass is 10.1. The number of pyridine rings is 2. The van der Waals surface area contributed by atoms with Crippen LogP contribution in [0.3, 0.4) is 0 Å². The fourth-order valence-corrected chi connectivity index (χ4v) is 1.60. The van der Waals surface area contributed by atoms with Gasteiger partial charge >= 0.3 is 5.97 Å².